The molecule has 6 nitrogen and oxygen atoms in total. The van der Waals surface area contributed by atoms with E-state index in [1.807, 2.05) is 12.1 Å². The molecule has 0 spiro atoms. The maximum Gasteiger partial charge on any atom is 0.191 e. The van der Waals surface area contributed by atoms with Gasteiger partial charge in [0.05, 0.1) is 12.2 Å². The van der Waals surface area contributed by atoms with Gasteiger partial charge < -0.3 is 19.9 Å². The first kappa shape index (κ1) is 22.9. The second kappa shape index (κ2) is 11.6. The van der Waals surface area contributed by atoms with E-state index in [1.54, 1.807) is 0 Å². The third kappa shape index (κ3) is 6.62. The number of hydrogen-bond donors (Lipinski definition) is 2. The number of likely N-dealkylation sites (tertiary alicyclic amines) is 1. The van der Waals surface area contributed by atoms with Gasteiger partial charge in [-0.25, -0.2) is 9.98 Å². The molecule has 28 heavy (non-hydrogen) atoms. The average molecular weight is 498 g/mol. The minimum Gasteiger partial charge on any atom is -0.357 e. The molecule has 1 aliphatic rings. The lowest BCUT2D eigenvalue weighted by Gasteiger charge is -2.30. The molecule has 0 saturated carbocycles. The van der Waals surface area contributed by atoms with Gasteiger partial charge in [-0.3, -0.25) is 0 Å². The molecule has 1 fully saturated rings. The normalized spacial score (nSPS) is 16.2. The Morgan fingerprint density at radius 3 is 2.75 bits per heavy atom. The molecule has 0 aliphatic carbocycles. The fourth-order valence-electron chi connectivity index (χ4n) is 3.57. The van der Waals surface area contributed by atoms with Crippen LogP contribution in [0.3, 0.4) is 0 Å². The second-order valence-electron chi connectivity index (χ2n) is 7.63. The number of aromatic nitrogens is 2. The molecule has 0 amide bonds. The van der Waals surface area contributed by atoms with Gasteiger partial charge in [0.25, 0.3) is 0 Å². The molecule has 156 valence electrons. The van der Waals surface area contributed by atoms with E-state index in [0.717, 1.165) is 42.7 Å². The number of pyridine rings is 1. The van der Waals surface area contributed by atoms with Gasteiger partial charge >= 0.3 is 0 Å². The van der Waals surface area contributed by atoms with Gasteiger partial charge in [-0.2, -0.15) is 0 Å². The molecule has 0 aromatic carbocycles. The molecule has 1 aliphatic heterocycles. The third-order valence-electron chi connectivity index (χ3n) is 5.31. The molecule has 7 heteroatoms. The quantitative estimate of drug-likeness (QED) is 0.266. The Hall–Kier alpha value is -1.35. The highest BCUT2D eigenvalue weighted by Crippen LogP contribution is 2.15. The number of piperidine rings is 1. The first-order chi connectivity index (χ1) is 13.2. The molecule has 0 unspecified atom stereocenters. The minimum atomic E-state index is 0. The van der Waals surface area contributed by atoms with E-state index >= 15 is 0 Å². The summed E-state index contributed by atoms with van der Waals surface area (Å²) < 4.78 is 2.12. The van der Waals surface area contributed by atoms with Crippen molar-refractivity contribution in [3.63, 3.8) is 0 Å². The zero-order valence-electron chi connectivity index (χ0n) is 17.4. The van der Waals surface area contributed by atoms with Crippen molar-refractivity contribution in [2.75, 3.05) is 32.7 Å². The fraction of sp³-hybridized carbons (Fsp3) is 0.619. The predicted octanol–water partition coefficient (Wildman–Crippen LogP) is 3.44. The van der Waals surface area contributed by atoms with E-state index < -0.39 is 0 Å². The number of hydrogen-bond acceptors (Lipinski definition) is 3. The number of imidazole rings is 1. The van der Waals surface area contributed by atoms with Crippen LogP contribution in [0.1, 0.15) is 44.5 Å². The molecule has 1 saturated heterocycles. The molecule has 3 heterocycles. The van der Waals surface area contributed by atoms with Crippen LogP contribution in [0, 0.1) is 12.8 Å². The Kier molecular flexibility index (Phi) is 9.50. The van der Waals surface area contributed by atoms with E-state index in [2.05, 4.69) is 58.0 Å². The maximum atomic E-state index is 4.71. The monoisotopic (exact) mass is 498 g/mol. The van der Waals surface area contributed by atoms with Crippen LogP contribution in [-0.4, -0.2) is 53.0 Å². The lowest BCUT2D eigenvalue weighted by atomic mass is 9.99. The van der Waals surface area contributed by atoms with Crippen molar-refractivity contribution in [2.24, 2.45) is 10.9 Å². The summed E-state index contributed by atoms with van der Waals surface area (Å²) in [7, 11) is 0. The lowest BCUT2D eigenvalue weighted by Crippen LogP contribution is -2.39. The summed E-state index contributed by atoms with van der Waals surface area (Å²) in [5.41, 5.74) is 3.16. The van der Waals surface area contributed by atoms with Gasteiger partial charge in [-0.15, -0.1) is 24.0 Å². The molecule has 0 radical (unpaired) electrons. The molecular formula is C21H35IN6. The van der Waals surface area contributed by atoms with Crippen molar-refractivity contribution < 1.29 is 0 Å². The summed E-state index contributed by atoms with van der Waals surface area (Å²) in [6.45, 7) is 12.6. The van der Waals surface area contributed by atoms with Gasteiger partial charge in [0, 0.05) is 25.0 Å². The van der Waals surface area contributed by atoms with Gasteiger partial charge in [0.15, 0.2) is 5.96 Å². The standard InChI is InChI=1S/C21H34N6.HI/c1-4-22-21(23-11-6-12-26-13-9-17(2)10-14-26)24-15-19-16-27-18(3)7-5-8-20(27)25-19;/h5,7-8,16-17H,4,6,9-15H2,1-3H3,(H2,22,23,24);1H. The zero-order valence-corrected chi connectivity index (χ0v) is 19.8. The Balaban J connectivity index is 0.00000280. The number of nitrogens with zero attached hydrogens (tertiary/aromatic N) is 4. The lowest BCUT2D eigenvalue weighted by molar-refractivity contribution is 0.191. The van der Waals surface area contributed by atoms with Crippen LogP contribution >= 0.6 is 24.0 Å². The Morgan fingerprint density at radius 2 is 2.04 bits per heavy atom. The summed E-state index contributed by atoms with van der Waals surface area (Å²) in [5.74, 6) is 1.77. The Bertz CT molecular complexity index is 748. The molecule has 3 rings (SSSR count). The van der Waals surface area contributed by atoms with Crippen molar-refractivity contribution in [1.82, 2.24) is 24.9 Å². The minimum absolute atomic E-state index is 0. The summed E-state index contributed by atoms with van der Waals surface area (Å²) in [4.78, 5) is 12.0. The highest BCUT2D eigenvalue weighted by Gasteiger charge is 2.14. The average Bonchev–Trinajstić information content (AvgIpc) is 3.09. The van der Waals surface area contributed by atoms with Crippen molar-refractivity contribution in [3.8, 4) is 0 Å². The molecular weight excluding hydrogens is 463 g/mol. The summed E-state index contributed by atoms with van der Waals surface area (Å²) in [6, 6.07) is 6.17. The van der Waals surface area contributed by atoms with E-state index in [-0.39, 0.29) is 24.0 Å². The first-order valence-electron chi connectivity index (χ1n) is 10.3. The summed E-state index contributed by atoms with van der Waals surface area (Å²) >= 11 is 0. The molecule has 0 bridgehead atoms. The topological polar surface area (TPSA) is 57.0 Å². The fourth-order valence-corrected chi connectivity index (χ4v) is 3.57. The van der Waals surface area contributed by atoms with Crippen LogP contribution in [0.4, 0.5) is 0 Å². The number of halogens is 1. The number of rotatable bonds is 7. The number of aliphatic imine (C=N–C) groups is 1. The highest BCUT2D eigenvalue weighted by atomic mass is 127. The van der Waals surface area contributed by atoms with Gasteiger partial charge in [-0.05, 0) is 70.8 Å². The van der Waals surface area contributed by atoms with Crippen LogP contribution in [-0.2, 0) is 6.54 Å². The van der Waals surface area contributed by atoms with Crippen molar-refractivity contribution in [3.05, 3.63) is 35.8 Å². The second-order valence-corrected chi connectivity index (χ2v) is 7.63. The van der Waals surface area contributed by atoms with Gasteiger partial charge in [0.2, 0.25) is 0 Å². The summed E-state index contributed by atoms with van der Waals surface area (Å²) in [5, 5.41) is 6.80. The number of fused-ring (bicyclic) bond motifs is 1. The third-order valence-corrected chi connectivity index (χ3v) is 5.31. The van der Waals surface area contributed by atoms with Crippen molar-refractivity contribution in [2.45, 2.75) is 46.6 Å². The number of nitrogens with one attached hydrogen (secondary N) is 2. The van der Waals surface area contributed by atoms with Crippen LogP contribution < -0.4 is 10.6 Å². The van der Waals surface area contributed by atoms with E-state index in [1.165, 1.54) is 38.2 Å². The van der Waals surface area contributed by atoms with E-state index in [0.29, 0.717) is 6.54 Å². The zero-order chi connectivity index (χ0) is 19.1. The van der Waals surface area contributed by atoms with Crippen molar-refractivity contribution >= 4 is 35.6 Å². The smallest absolute Gasteiger partial charge is 0.191 e. The SMILES string of the molecule is CCNC(=NCc1cn2c(C)cccc2n1)NCCCN1CCC(C)CC1.I. The molecule has 2 aromatic heterocycles. The van der Waals surface area contributed by atoms with Crippen LogP contribution in [0.5, 0.6) is 0 Å². The van der Waals surface area contributed by atoms with Gasteiger partial charge in [0.1, 0.15) is 5.65 Å². The Morgan fingerprint density at radius 1 is 1.25 bits per heavy atom. The van der Waals surface area contributed by atoms with E-state index in [4.69, 9.17) is 4.99 Å². The van der Waals surface area contributed by atoms with Crippen molar-refractivity contribution in [1.29, 1.82) is 0 Å². The maximum absolute atomic E-state index is 4.71. The summed E-state index contributed by atoms with van der Waals surface area (Å²) in [6.07, 6.45) is 5.91. The van der Waals surface area contributed by atoms with Crippen LogP contribution in [0.2, 0.25) is 0 Å². The number of guanidine groups is 1. The van der Waals surface area contributed by atoms with E-state index in [9.17, 15) is 0 Å². The van der Waals surface area contributed by atoms with Crippen LogP contribution in [0.25, 0.3) is 5.65 Å². The largest absolute Gasteiger partial charge is 0.357 e. The van der Waals surface area contributed by atoms with Gasteiger partial charge in [-0.1, -0.05) is 13.0 Å². The molecule has 2 N–H and O–H groups in total. The van der Waals surface area contributed by atoms with Crippen LogP contribution in [0.15, 0.2) is 29.4 Å². The first-order valence-corrected chi connectivity index (χ1v) is 10.3. The predicted molar refractivity (Wildman–Crippen MR) is 128 cm³/mol. The highest BCUT2D eigenvalue weighted by molar-refractivity contribution is 14.0. The molecule has 2 aromatic rings. The Labute approximate surface area is 186 Å². The number of aryl methyl sites for hydroxylation is 1. The molecule has 0 atom stereocenters.